The van der Waals surface area contributed by atoms with Crippen molar-refractivity contribution in [2.75, 3.05) is 30.3 Å². The lowest BCUT2D eigenvalue weighted by molar-refractivity contribution is -0.00545. The molecule has 0 spiro atoms. The fourth-order valence-electron chi connectivity index (χ4n) is 2.38. The van der Waals surface area contributed by atoms with Gasteiger partial charge in [0.2, 0.25) is 0 Å². The maximum absolute atomic E-state index is 11.9. The number of nitrogens with two attached hydrogens (primary N) is 1. The maximum atomic E-state index is 11.9. The number of anilines is 2. The quantitative estimate of drug-likeness (QED) is 0.844. The van der Waals surface area contributed by atoms with E-state index in [1.54, 1.807) is 13.0 Å². The van der Waals surface area contributed by atoms with Gasteiger partial charge in [-0.2, -0.15) is 0 Å². The van der Waals surface area contributed by atoms with E-state index < -0.39 is 5.97 Å². The molecule has 1 saturated heterocycles. The van der Waals surface area contributed by atoms with Crippen LogP contribution >= 0.6 is 0 Å². The standard InChI is InChI=1S/C14H21N3O3/c1-4-19-14(18)11-5-13(16-6-12(11)15)17-7-9(2)20-10(3)8-17/h5-6,9-10H,4,7-8,15H2,1-3H3. The van der Waals surface area contributed by atoms with Gasteiger partial charge >= 0.3 is 5.97 Å². The number of nitrogens with zero attached hydrogens (tertiary/aromatic N) is 2. The Bertz CT molecular complexity index is 483. The van der Waals surface area contributed by atoms with Crippen molar-refractivity contribution in [2.45, 2.75) is 33.0 Å². The van der Waals surface area contributed by atoms with E-state index in [0.29, 0.717) is 17.9 Å². The number of pyridine rings is 1. The first-order chi connectivity index (χ1) is 9.51. The summed E-state index contributed by atoms with van der Waals surface area (Å²) >= 11 is 0. The van der Waals surface area contributed by atoms with Gasteiger partial charge in [-0.05, 0) is 26.8 Å². The highest BCUT2D eigenvalue weighted by molar-refractivity contribution is 5.95. The Morgan fingerprint density at radius 2 is 2.15 bits per heavy atom. The monoisotopic (exact) mass is 279 g/mol. The van der Waals surface area contributed by atoms with Crippen molar-refractivity contribution in [3.8, 4) is 0 Å². The lowest BCUT2D eigenvalue weighted by Gasteiger charge is -2.36. The van der Waals surface area contributed by atoms with E-state index in [2.05, 4.69) is 9.88 Å². The zero-order valence-electron chi connectivity index (χ0n) is 12.1. The van der Waals surface area contributed by atoms with E-state index in [4.69, 9.17) is 15.2 Å². The highest BCUT2D eigenvalue weighted by Crippen LogP contribution is 2.22. The topological polar surface area (TPSA) is 77.7 Å². The first-order valence-electron chi connectivity index (χ1n) is 6.84. The fourth-order valence-corrected chi connectivity index (χ4v) is 2.38. The molecule has 2 heterocycles. The van der Waals surface area contributed by atoms with E-state index >= 15 is 0 Å². The number of carbonyl (C=O) groups excluding carboxylic acids is 1. The number of morpholine rings is 1. The molecule has 6 heteroatoms. The van der Waals surface area contributed by atoms with Crippen molar-refractivity contribution in [1.29, 1.82) is 0 Å². The first-order valence-corrected chi connectivity index (χ1v) is 6.84. The number of aromatic nitrogens is 1. The Balaban J connectivity index is 2.24. The number of rotatable bonds is 3. The van der Waals surface area contributed by atoms with Crippen LogP contribution in [0.5, 0.6) is 0 Å². The van der Waals surface area contributed by atoms with Crippen LogP contribution in [0.3, 0.4) is 0 Å². The summed E-state index contributed by atoms with van der Waals surface area (Å²) in [4.78, 5) is 18.3. The van der Waals surface area contributed by atoms with Crippen LogP contribution in [0.2, 0.25) is 0 Å². The molecular weight excluding hydrogens is 258 g/mol. The minimum Gasteiger partial charge on any atom is -0.462 e. The molecule has 0 bridgehead atoms. The van der Waals surface area contributed by atoms with Gasteiger partial charge in [-0.1, -0.05) is 0 Å². The molecular formula is C14H21N3O3. The van der Waals surface area contributed by atoms with Crippen LogP contribution in [-0.4, -0.2) is 42.9 Å². The number of esters is 1. The van der Waals surface area contributed by atoms with Gasteiger partial charge in [-0.25, -0.2) is 9.78 Å². The number of ether oxygens (including phenoxy) is 2. The van der Waals surface area contributed by atoms with Crippen molar-refractivity contribution in [3.63, 3.8) is 0 Å². The Morgan fingerprint density at radius 3 is 2.75 bits per heavy atom. The minimum absolute atomic E-state index is 0.129. The number of hydrogen-bond acceptors (Lipinski definition) is 6. The highest BCUT2D eigenvalue weighted by Gasteiger charge is 2.24. The summed E-state index contributed by atoms with van der Waals surface area (Å²) in [6.45, 7) is 7.61. The molecule has 0 amide bonds. The molecule has 0 aromatic carbocycles. The normalized spacial score (nSPS) is 22.6. The lowest BCUT2D eigenvalue weighted by atomic mass is 10.2. The Hall–Kier alpha value is -1.82. The van der Waals surface area contributed by atoms with Crippen LogP contribution in [0.4, 0.5) is 11.5 Å². The molecule has 1 aliphatic heterocycles. The van der Waals surface area contributed by atoms with Crippen molar-refractivity contribution in [2.24, 2.45) is 0 Å². The predicted molar refractivity (Wildman–Crippen MR) is 76.8 cm³/mol. The zero-order chi connectivity index (χ0) is 14.7. The molecule has 0 saturated carbocycles. The van der Waals surface area contributed by atoms with E-state index in [0.717, 1.165) is 18.9 Å². The molecule has 1 aliphatic rings. The van der Waals surface area contributed by atoms with Gasteiger partial charge in [0, 0.05) is 13.1 Å². The van der Waals surface area contributed by atoms with E-state index in [1.807, 2.05) is 13.8 Å². The molecule has 2 N–H and O–H groups in total. The Morgan fingerprint density at radius 1 is 1.50 bits per heavy atom. The van der Waals surface area contributed by atoms with Crippen LogP contribution in [0, 0.1) is 0 Å². The molecule has 6 nitrogen and oxygen atoms in total. The second-order valence-electron chi connectivity index (χ2n) is 5.01. The van der Waals surface area contributed by atoms with Crippen LogP contribution in [-0.2, 0) is 9.47 Å². The van der Waals surface area contributed by atoms with Crippen molar-refractivity contribution < 1.29 is 14.3 Å². The first kappa shape index (κ1) is 14.6. The summed E-state index contributed by atoms with van der Waals surface area (Å²) in [6, 6.07) is 1.69. The smallest absolute Gasteiger partial charge is 0.340 e. The van der Waals surface area contributed by atoms with Crippen LogP contribution in [0.1, 0.15) is 31.1 Å². The molecule has 0 radical (unpaired) electrons. The Kier molecular flexibility index (Phi) is 4.44. The summed E-state index contributed by atoms with van der Waals surface area (Å²) in [6.07, 6.45) is 1.76. The average Bonchev–Trinajstić information content (AvgIpc) is 2.38. The number of hydrogen-bond donors (Lipinski definition) is 1. The summed E-state index contributed by atoms with van der Waals surface area (Å²) in [7, 11) is 0. The summed E-state index contributed by atoms with van der Waals surface area (Å²) < 4.78 is 10.7. The Labute approximate surface area is 118 Å². The van der Waals surface area contributed by atoms with Gasteiger partial charge in [0.1, 0.15) is 5.82 Å². The molecule has 2 atom stereocenters. The van der Waals surface area contributed by atoms with Crippen molar-refractivity contribution in [1.82, 2.24) is 4.98 Å². The van der Waals surface area contributed by atoms with Crippen LogP contribution in [0.25, 0.3) is 0 Å². The molecule has 0 aliphatic carbocycles. The summed E-state index contributed by atoms with van der Waals surface area (Å²) in [5.74, 6) is 0.312. The van der Waals surface area contributed by atoms with Gasteiger partial charge in [-0.15, -0.1) is 0 Å². The minimum atomic E-state index is -0.414. The molecule has 2 rings (SSSR count). The molecule has 1 aromatic heterocycles. The van der Waals surface area contributed by atoms with Crippen molar-refractivity contribution in [3.05, 3.63) is 17.8 Å². The highest BCUT2D eigenvalue weighted by atomic mass is 16.5. The van der Waals surface area contributed by atoms with E-state index in [9.17, 15) is 4.79 Å². The van der Waals surface area contributed by atoms with E-state index in [1.165, 1.54) is 6.20 Å². The second kappa shape index (κ2) is 6.09. The molecule has 2 unspecified atom stereocenters. The summed E-state index contributed by atoms with van der Waals surface area (Å²) in [5, 5.41) is 0. The third kappa shape index (κ3) is 3.19. The largest absolute Gasteiger partial charge is 0.462 e. The average molecular weight is 279 g/mol. The SMILES string of the molecule is CCOC(=O)c1cc(N2CC(C)OC(C)C2)ncc1N. The van der Waals surface area contributed by atoms with Gasteiger partial charge < -0.3 is 20.1 Å². The molecule has 20 heavy (non-hydrogen) atoms. The maximum Gasteiger partial charge on any atom is 0.340 e. The predicted octanol–water partition coefficient (Wildman–Crippen LogP) is 1.45. The number of carbonyl (C=O) groups is 1. The molecule has 1 fully saturated rings. The zero-order valence-corrected chi connectivity index (χ0v) is 12.1. The third-order valence-electron chi connectivity index (χ3n) is 3.16. The fraction of sp³-hybridized carbons (Fsp3) is 0.571. The van der Waals surface area contributed by atoms with E-state index in [-0.39, 0.29) is 12.2 Å². The molecule has 110 valence electrons. The molecule has 1 aromatic rings. The lowest BCUT2D eigenvalue weighted by Crippen LogP contribution is -2.45. The van der Waals surface area contributed by atoms with Gasteiger partial charge in [0.25, 0.3) is 0 Å². The van der Waals surface area contributed by atoms with Gasteiger partial charge in [-0.3, -0.25) is 0 Å². The van der Waals surface area contributed by atoms with Gasteiger partial charge in [0.05, 0.1) is 36.3 Å². The number of nitrogen functional groups attached to an aromatic ring is 1. The van der Waals surface area contributed by atoms with Crippen LogP contribution in [0.15, 0.2) is 12.3 Å². The van der Waals surface area contributed by atoms with Crippen LogP contribution < -0.4 is 10.6 Å². The van der Waals surface area contributed by atoms with Crippen molar-refractivity contribution >= 4 is 17.5 Å². The third-order valence-corrected chi connectivity index (χ3v) is 3.16. The van der Waals surface area contributed by atoms with Gasteiger partial charge in [0.15, 0.2) is 0 Å². The summed E-state index contributed by atoms with van der Waals surface area (Å²) in [5.41, 5.74) is 6.50. The second-order valence-corrected chi connectivity index (χ2v) is 5.01.